The molecule has 4 heterocycles. The predicted molar refractivity (Wildman–Crippen MR) is 98.2 cm³/mol. The van der Waals surface area contributed by atoms with E-state index >= 15 is 0 Å². The van der Waals surface area contributed by atoms with Crippen LogP contribution in [0.1, 0.15) is 34.5 Å². The van der Waals surface area contributed by atoms with Gasteiger partial charge in [0.1, 0.15) is 0 Å². The largest absolute Gasteiger partial charge is 0.334 e. The topological polar surface area (TPSA) is 36.4 Å². The van der Waals surface area contributed by atoms with Gasteiger partial charge in [-0.1, -0.05) is 23.8 Å². The summed E-state index contributed by atoms with van der Waals surface area (Å²) in [5.74, 6) is 0.759. The molecule has 1 aromatic carbocycles. The zero-order valence-electron chi connectivity index (χ0n) is 14.8. The van der Waals surface area contributed by atoms with E-state index in [1.54, 1.807) is 0 Å². The van der Waals surface area contributed by atoms with Gasteiger partial charge in [-0.05, 0) is 49.9 Å². The van der Waals surface area contributed by atoms with E-state index in [-0.39, 0.29) is 5.91 Å². The maximum Gasteiger partial charge on any atom is 0.254 e. The minimum absolute atomic E-state index is 0.193. The Morgan fingerprint density at radius 3 is 2.84 bits per heavy atom. The first kappa shape index (κ1) is 16.3. The van der Waals surface area contributed by atoms with E-state index in [2.05, 4.69) is 20.9 Å². The lowest BCUT2D eigenvalue weighted by molar-refractivity contribution is 0.0584. The fraction of sp³-hybridized carbons (Fsp3) is 0.429. The van der Waals surface area contributed by atoms with Gasteiger partial charge in [0.25, 0.3) is 5.91 Å². The summed E-state index contributed by atoms with van der Waals surface area (Å²) in [4.78, 5) is 22.1. The van der Waals surface area contributed by atoms with Gasteiger partial charge in [-0.25, -0.2) is 0 Å². The van der Waals surface area contributed by atoms with E-state index in [0.29, 0.717) is 12.0 Å². The molecule has 3 aliphatic rings. The summed E-state index contributed by atoms with van der Waals surface area (Å²) in [7, 11) is 0. The Hall–Kier alpha value is -2.20. The second kappa shape index (κ2) is 6.96. The fourth-order valence-electron chi connectivity index (χ4n) is 4.22. The Morgan fingerprint density at radius 2 is 2.04 bits per heavy atom. The van der Waals surface area contributed by atoms with Crippen molar-refractivity contribution in [2.45, 2.75) is 32.4 Å². The lowest BCUT2D eigenvalue weighted by Crippen LogP contribution is -2.47. The van der Waals surface area contributed by atoms with Gasteiger partial charge in [-0.3, -0.25) is 14.7 Å². The molecule has 4 heteroatoms. The Morgan fingerprint density at radius 1 is 1.12 bits per heavy atom. The highest BCUT2D eigenvalue weighted by Crippen LogP contribution is 2.30. The van der Waals surface area contributed by atoms with Crippen molar-refractivity contribution in [3.05, 3.63) is 65.5 Å². The third-order valence-electron chi connectivity index (χ3n) is 5.43. The van der Waals surface area contributed by atoms with Crippen LogP contribution in [-0.4, -0.2) is 46.4 Å². The number of amides is 1. The molecule has 0 aliphatic carbocycles. The van der Waals surface area contributed by atoms with E-state index < -0.39 is 0 Å². The molecule has 130 valence electrons. The number of hydrogen-bond donors (Lipinski definition) is 0. The van der Waals surface area contributed by atoms with Crippen molar-refractivity contribution in [1.82, 2.24) is 14.8 Å². The molecule has 4 nitrogen and oxygen atoms in total. The van der Waals surface area contributed by atoms with Crippen molar-refractivity contribution in [1.29, 1.82) is 0 Å². The molecule has 0 N–H and O–H groups in total. The highest BCUT2D eigenvalue weighted by Gasteiger charge is 2.37. The molecule has 25 heavy (non-hydrogen) atoms. The first-order chi connectivity index (χ1) is 12.2. The summed E-state index contributed by atoms with van der Waals surface area (Å²) >= 11 is 0. The monoisotopic (exact) mass is 335 g/mol. The van der Waals surface area contributed by atoms with Gasteiger partial charge in [0.05, 0.1) is 5.69 Å². The molecule has 0 radical (unpaired) electrons. The highest BCUT2D eigenvalue weighted by atomic mass is 16.2. The fourth-order valence-corrected chi connectivity index (χ4v) is 4.22. The molecular weight excluding hydrogens is 310 g/mol. The number of aromatic nitrogens is 1. The van der Waals surface area contributed by atoms with Gasteiger partial charge in [-0.2, -0.15) is 0 Å². The maximum absolute atomic E-state index is 13.1. The van der Waals surface area contributed by atoms with Gasteiger partial charge in [-0.15, -0.1) is 0 Å². The first-order valence-corrected chi connectivity index (χ1v) is 9.19. The standard InChI is InChI=1S/C21H25N3O/c1-16-5-4-6-18(11-16)21(25)24-13-17-8-9-20(24)15-23(12-17)14-19-7-2-3-10-22-19/h2-7,10-11,17,20H,8-9,12-15H2,1H3/t17-,20+/m0/s1. The Labute approximate surface area is 149 Å². The average Bonchev–Trinajstić information content (AvgIpc) is 2.92. The predicted octanol–water partition coefficient (Wildman–Crippen LogP) is 3.13. The Balaban J connectivity index is 1.50. The highest BCUT2D eigenvalue weighted by molar-refractivity contribution is 5.94. The number of benzene rings is 1. The summed E-state index contributed by atoms with van der Waals surface area (Å²) in [5.41, 5.74) is 3.08. The number of carbonyl (C=O) groups is 1. The third-order valence-corrected chi connectivity index (χ3v) is 5.43. The van der Waals surface area contributed by atoms with Gasteiger partial charge in [0.15, 0.2) is 0 Å². The maximum atomic E-state index is 13.1. The van der Waals surface area contributed by atoms with E-state index in [1.807, 2.05) is 49.5 Å². The molecule has 1 aromatic heterocycles. The van der Waals surface area contributed by atoms with Crippen LogP contribution in [0.25, 0.3) is 0 Å². The second-order valence-corrected chi connectivity index (χ2v) is 7.44. The van der Waals surface area contributed by atoms with E-state index in [4.69, 9.17) is 0 Å². The van der Waals surface area contributed by atoms with Crippen LogP contribution < -0.4 is 0 Å². The minimum atomic E-state index is 0.193. The first-order valence-electron chi connectivity index (χ1n) is 9.19. The molecule has 3 saturated heterocycles. The lowest BCUT2D eigenvalue weighted by Gasteiger charge is -2.36. The van der Waals surface area contributed by atoms with Gasteiger partial charge >= 0.3 is 0 Å². The van der Waals surface area contributed by atoms with Crippen molar-refractivity contribution in [3.8, 4) is 0 Å². The summed E-state index contributed by atoms with van der Waals surface area (Å²) in [6, 6.07) is 14.4. The van der Waals surface area contributed by atoms with E-state index in [0.717, 1.165) is 49.4 Å². The van der Waals surface area contributed by atoms with Gasteiger partial charge in [0, 0.05) is 44.0 Å². The van der Waals surface area contributed by atoms with Gasteiger partial charge in [0.2, 0.25) is 0 Å². The Bertz CT molecular complexity index is 746. The molecule has 0 unspecified atom stereocenters. The Kier molecular flexibility index (Phi) is 4.53. The van der Waals surface area contributed by atoms with Crippen molar-refractivity contribution >= 4 is 5.91 Å². The van der Waals surface area contributed by atoms with Gasteiger partial charge < -0.3 is 4.90 Å². The van der Waals surface area contributed by atoms with Crippen LogP contribution >= 0.6 is 0 Å². The molecule has 2 bridgehead atoms. The molecule has 1 amide bonds. The van der Waals surface area contributed by atoms with Crippen molar-refractivity contribution in [2.75, 3.05) is 19.6 Å². The number of fused-ring (bicyclic) bond motifs is 4. The summed E-state index contributed by atoms with van der Waals surface area (Å²) in [5, 5.41) is 0. The van der Waals surface area contributed by atoms with Crippen LogP contribution in [0.4, 0.5) is 0 Å². The normalized spacial score (nSPS) is 23.5. The molecular formula is C21H25N3O. The molecule has 2 aromatic rings. The zero-order valence-corrected chi connectivity index (χ0v) is 14.8. The number of carbonyl (C=O) groups excluding carboxylic acids is 1. The summed E-state index contributed by atoms with van der Waals surface area (Å²) in [6.45, 7) is 5.81. The molecule has 0 saturated carbocycles. The third kappa shape index (κ3) is 3.59. The van der Waals surface area contributed by atoms with Crippen LogP contribution in [-0.2, 0) is 6.54 Å². The summed E-state index contributed by atoms with van der Waals surface area (Å²) in [6.07, 6.45) is 4.19. The van der Waals surface area contributed by atoms with Crippen LogP contribution in [0.15, 0.2) is 48.7 Å². The molecule has 3 aliphatic heterocycles. The second-order valence-electron chi connectivity index (χ2n) is 7.44. The molecule has 5 rings (SSSR count). The van der Waals surface area contributed by atoms with Crippen molar-refractivity contribution in [2.24, 2.45) is 5.92 Å². The zero-order chi connectivity index (χ0) is 17.2. The number of aryl methyl sites for hydroxylation is 1. The smallest absolute Gasteiger partial charge is 0.254 e. The quantitative estimate of drug-likeness (QED) is 0.865. The number of nitrogens with zero attached hydrogens (tertiary/aromatic N) is 3. The van der Waals surface area contributed by atoms with Crippen LogP contribution in [0.2, 0.25) is 0 Å². The van der Waals surface area contributed by atoms with E-state index in [1.165, 1.54) is 6.42 Å². The van der Waals surface area contributed by atoms with Crippen LogP contribution in [0.5, 0.6) is 0 Å². The number of pyridine rings is 1. The minimum Gasteiger partial charge on any atom is -0.334 e. The number of rotatable bonds is 3. The van der Waals surface area contributed by atoms with Crippen LogP contribution in [0, 0.1) is 12.8 Å². The van der Waals surface area contributed by atoms with Crippen LogP contribution in [0.3, 0.4) is 0 Å². The van der Waals surface area contributed by atoms with Crippen molar-refractivity contribution < 1.29 is 4.79 Å². The molecule has 2 atom stereocenters. The lowest BCUT2D eigenvalue weighted by atomic mass is 9.94. The number of hydrogen-bond acceptors (Lipinski definition) is 3. The SMILES string of the molecule is Cc1cccc(C(=O)N2C[C@H]3CC[C@@H]2CN(Cc2ccccn2)C3)c1. The summed E-state index contributed by atoms with van der Waals surface area (Å²) < 4.78 is 0. The number of piperidine rings is 1. The molecule has 3 fully saturated rings. The average molecular weight is 335 g/mol. The van der Waals surface area contributed by atoms with E-state index in [9.17, 15) is 4.79 Å². The van der Waals surface area contributed by atoms with Crippen molar-refractivity contribution in [3.63, 3.8) is 0 Å². The molecule has 0 spiro atoms.